The van der Waals surface area contributed by atoms with Crippen LogP contribution in [0.5, 0.6) is 0 Å². The van der Waals surface area contributed by atoms with Crippen LogP contribution in [0.1, 0.15) is 39.2 Å². The lowest BCUT2D eigenvalue weighted by Crippen LogP contribution is -2.17. The quantitative estimate of drug-likeness (QED) is 0.674. The summed E-state index contributed by atoms with van der Waals surface area (Å²) in [7, 11) is 0. The Morgan fingerprint density at radius 3 is 2.48 bits per heavy atom. The molecule has 25 heavy (non-hydrogen) atoms. The lowest BCUT2D eigenvalue weighted by atomic mass is 10.0. The first-order chi connectivity index (χ1) is 11.9. The average Bonchev–Trinajstić information content (AvgIpc) is 2.60. The Kier molecular flexibility index (Phi) is 4.84. The SMILES string of the molecule is CC(C)C(=O)Nc1cccc(-c2ccc3cc(C(C)C)ccc3n2)c1. The summed E-state index contributed by atoms with van der Waals surface area (Å²) in [6.45, 7) is 8.16. The molecule has 0 saturated carbocycles. The smallest absolute Gasteiger partial charge is 0.226 e. The van der Waals surface area contributed by atoms with Gasteiger partial charge in [0.15, 0.2) is 0 Å². The number of hydrogen-bond acceptors (Lipinski definition) is 2. The minimum atomic E-state index is -0.0439. The number of rotatable bonds is 4. The minimum Gasteiger partial charge on any atom is -0.326 e. The molecule has 0 aliphatic carbocycles. The number of aromatic nitrogens is 1. The first-order valence-electron chi connectivity index (χ1n) is 8.76. The maximum atomic E-state index is 11.9. The van der Waals surface area contributed by atoms with Crippen molar-refractivity contribution in [1.82, 2.24) is 4.98 Å². The van der Waals surface area contributed by atoms with Gasteiger partial charge in [-0.15, -0.1) is 0 Å². The van der Waals surface area contributed by atoms with E-state index in [2.05, 4.69) is 43.4 Å². The zero-order valence-corrected chi connectivity index (χ0v) is 15.2. The van der Waals surface area contributed by atoms with Gasteiger partial charge >= 0.3 is 0 Å². The van der Waals surface area contributed by atoms with E-state index in [1.807, 2.05) is 44.2 Å². The third-order valence-electron chi connectivity index (χ3n) is 4.33. The summed E-state index contributed by atoms with van der Waals surface area (Å²) < 4.78 is 0. The molecule has 0 spiro atoms. The second-order valence-corrected chi connectivity index (χ2v) is 7.03. The Morgan fingerprint density at radius 1 is 0.960 bits per heavy atom. The number of hydrogen-bond donors (Lipinski definition) is 1. The summed E-state index contributed by atoms with van der Waals surface area (Å²) in [6, 6.07) is 18.4. The highest BCUT2D eigenvalue weighted by Gasteiger charge is 2.09. The fourth-order valence-electron chi connectivity index (χ4n) is 2.71. The van der Waals surface area contributed by atoms with Crippen LogP contribution in [0.4, 0.5) is 5.69 Å². The molecule has 0 aliphatic rings. The predicted octanol–water partition coefficient (Wildman–Crippen LogP) is 5.62. The molecule has 1 N–H and O–H groups in total. The van der Waals surface area contributed by atoms with Crippen molar-refractivity contribution in [3.8, 4) is 11.3 Å². The van der Waals surface area contributed by atoms with E-state index in [0.29, 0.717) is 5.92 Å². The van der Waals surface area contributed by atoms with Gasteiger partial charge in [-0.25, -0.2) is 4.98 Å². The molecular weight excluding hydrogens is 308 g/mol. The van der Waals surface area contributed by atoms with Gasteiger partial charge in [-0.1, -0.05) is 52.0 Å². The Hall–Kier alpha value is -2.68. The Labute approximate surface area is 149 Å². The minimum absolute atomic E-state index is 0.0184. The van der Waals surface area contributed by atoms with Crippen LogP contribution in [-0.2, 0) is 4.79 Å². The molecular formula is C22H24N2O. The molecule has 3 aromatic rings. The molecule has 3 rings (SSSR count). The van der Waals surface area contributed by atoms with E-state index >= 15 is 0 Å². The van der Waals surface area contributed by atoms with Crippen LogP contribution in [-0.4, -0.2) is 10.9 Å². The van der Waals surface area contributed by atoms with Crippen LogP contribution in [0.3, 0.4) is 0 Å². The highest BCUT2D eigenvalue weighted by molar-refractivity contribution is 5.92. The normalized spacial score (nSPS) is 11.3. The molecule has 0 aliphatic heterocycles. The number of nitrogens with one attached hydrogen (secondary N) is 1. The van der Waals surface area contributed by atoms with Gasteiger partial charge in [0, 0.05) is 22.6 Å². The van der Waals surface area contributed by atoms with Crippen molar-refractivity contribution in [2.75, 3.05) is 5.32 Å². The fourth-order valence-corrected chi connectivity index (χ4v) is 2.71. The predicted molar refractivity (Wildman–Crippen MR) is 105 cm³/mol. The van der Waals surface area contributed by atoms with Crippen molar-refractivity contribution in [2.24, 2.45) is 5.92 Å². The van der Waals surface area contributed by atoms with Gasteiger partial charge in [0.1, 0.15) is 0 Å². The van der Waals surface area contributed by atoms with Crippen LogP contribution < -0.4 is 5.32 Å². The van der Waals surface area contributed by atoms with Gasteiger partial charge < -0.3 is 5.32 Å². The second kappa shape index (κ2) is 7.06. The molecule has 0 atom stereocenters. The van der Waals surface area contributed by atoms with E-state index < -0.39 is 0 Å². The summed E-state index contributed by atoms with van der Waals surface area (Å²) in [5.41, 5.74) is 5.01. The molecule has 0 fully saturated rings. The molecule has 1 amide bonds. The van der Waals surface area contributed by atoms with Gasteiger partial charge in [-0.05, 0) is 41.8 Å². The number of amides is 1. The lowest BCUT2D eigenvalue weighted by Gasteiger charge is -2.10. The third kappa shape index (κ3) is 3.87. The number of benzene rings is 2. The van der Waals surface area contributed by atoms with Gasteiger partial charge in [0.05, 0.1) is 11.2 Å². The Balaban J connectivity index is 1.93. The summed E-state index contributed by atoms with van der Waals surface area (Å²) in [5, 5.41) is 4.09. The molecule has 3 nitrogen and oxygen atoms in total. The van der Waals surface area contributed by atoms with Gasteiger partial charge in [-0.2, -0.15) is 0 Å². The first-order valence-corrected chi connectivity index (χ1v) is 8.76. The van der Waals surface area contributed by atoms with Crippen molar-refractivity contribution in [2.45, 2.75) is 33.6 Å². The number of nitrogens with zero attached hydrogens (tertiary/aromatic N) is 1. The van der Waals surface area contributed by atoms with Gasteiger partial charge in [0.2, 0.25) is 5.91 Å². The highest BCUT2D eigenvalue weighted by atomic mass is 16.1. The maximum Gasteiger partial charge on any atom is 0.226 e. The van der Waals surface area contributed by atoms with E-state index in [9.17, 15) is 4.79 Å². The van der Waals surface area contributed by atoms with Crippen LogP contribution in [0.2, 0.25) is 0 Å². The van der Waals surface area contributed by atoms with E-state index in [0.717, 1.165) is 27.8 Å². The van der Waals surface area contributed by atoms with Crippen molar-refractivity contribution in [3.05, 3.63) is 60.2 Å². The molecule has 128 valence electrons. The molecule has 2 aromatic carbocycles. The molecule has 1 heterocycles. The van der Waals surface area contributed by atoms with E-state index in [1.165, 1.54) is 5.56 Å². The van der Waals surface area contributed by atoms with Crippen molar-refractivity contribution in [3.63, 3.8) is 0 Å². The second-order valence-electron chi connectivity index (χ2n) is 7.03. The highest BCUT2D eigenvalue weighted by Crippen LogP contribution is 2.26. The third-order valence-corrected chi connectivity index (χ3v) is 4.33. The van der Waals surface area contributed by atoms with Gasteiger partial charge in [0.25, 0.3) is 0 Å². The molecule has 0 saturated heterocycles. The molecule has 0 bridgehead atoms. The largest absolute Gasteiger partial charge is 0.326 e. The fraction of sp³-hybridized carbons (Fsp3) is 0.273. The standard InChI is InChI=1S/C22H24N2O/c1-14(2)16-8-10-21-18(12-16)9-11-20(24-21)17-6-5-7-19(13-17)23-22(25)15(3)4/h5-15H,1-4H3,(H,23,25). The molecule has 3 heteroatoms. The van der Waals surface area contributed by atoms with Crippen LogP contribution in [0, 0.1) is 5.92 Å². The summed E-state index contributed by atoms with van der Waals surface area (Å²) in [4.78, 5) is 16.7. The summed E-state index contributed by atoms with van der Waals surface area (Å²) in [6.07, 6.45) is 0. The molecule has 0 unspecified atom stereocenters. The zero-order chi connectivity index (χ0) is 18.0. The Bertz CT molecular complexity index is 913. The summed E-state index contributed by atoms with van der Waals surface area (Å²) >= 11 is 0. The number of anilines is 1. The van der Waals surface area contributed by atoms with E-state index in [-0.39, 0.29) is 11.8 Å². The van der Waals surface area contributed by atoms with Crippen molar-refractivity contribution in [1.29, 1.82) is 0 Å². The number of pyridine rings is 1. The van der Waals surface area contributed by atoms with Crippen LogP contribution in [0.15, 0.2) is 54.6 Å². The first kappa shape index (κ1) is 17.2. The van der Waals surface area contributed by atoms with Crippen LogP contribution >= 0.6 is 0 Å². The Morgan fingerprint density at radius 2 is 1.76 bits per heavy atom. The lowest BCUT2D eigenvalue weighted by molar-refractivity contribution is -0.118. The number of fused-ring (bicyclic) bond motifs is 1. The van der Waals surface area contributed by atoms with Gasteiger partial charge in [-0.3, -0.25) is 4.79 Å². The number of carbonyl (C=O) groups excluding carboxylic acids is 1. The topological polar surface area (TPSA) is 42.0 Å². The maximum absolute atomic E-state index is 11.9. The van der Waals surface area contributed by atoms with Crippen molar-refractivity contribution < 1.29 is 4.79 Å². The van der Waals surface area contributed by atoms with E-state index in [4.69, 9.17) is 4.98 Å². The molecule has 0 radical (unpaired) electrons. The molecule has 1 aromatic heterocycles. The number of carbonyl (C=O) groups is 1. The van der Waals surface area contributed by atoms with E-state index in [1.54, 1.807) is 0 Å². The van der Waals surface area contributed by atoms with Crippen molar-refractivity contribution >= 4 is 22.5 Å². The summed E-state index contributed by atoms with van der Waals surface area (Å²) in [5.74, 6) is 0.479. The zero-order valence-electron chi connectivity index (χ0n) is 15.2. The monoisotopic (exact) mass is 332 g/mol. The average molecular weight is 332 g/mol. The van der Waals surface area contributed by atoms with Crippen LogP contribution in [0.25, 0.3) is 22.2 Å².